The van der Waals surface area contributed by atoms with E-state index in [-0.39, 0.29) is 0 Å². The fourth-order valence-corrected chi connectivity index (χ4v) is 0.201. The van der Waals surface area contributed by atoms with Gasteiger partial charge >= 0.3 is 0 Å². The fraction of sp³-hybridized carbons (Fsp3) is 0.333. The van der Waals surface area contributed by atoms with Crippen molar-refractivity contribution in [3.05, 3.63) is 24.8 Å². The molecule has 6 heavy (non-hydrogen) atoms. The minimum atomic E-state index is 0.872. The molecule has 0 aliphatic rings. The van der Waals surface area contributed by atoms with Crippen LogP contribution in [0.2, 0.25) is 0 Å². The zero-order valence-corrected chi connectivity index (χ0v) is 4.07. The van der Waals surface area contributed by atoms with Gasteiger partial charge in [-0.25, -0.2) is 0 Å². The van der Waals surface area contributed by atoms with Crippen LogP contribution < -0.4 is 0 Å². The molecule has 0 N–H and O–H groups in total. The number of hydrogen-bond donors (Lipinski definition) is 0. The lowest BCUT2D eigenvalue weighted by atomic mass is 10.4. The van der Waals surface area contributed by atoms with Crippen LogP contribution in [0.15, 0.2) is 18.7 Å². The van der Waals surface area contributed by atoms with Gasteiger partial charge in [-0.15, -0.1) is 6.58 Å². The molecule has 0 amide bonds. The molecule has 0 saturated heterocycles. The molecule has 0 rings (SSSR count). The van der Waals surface area contributed by atoms with Gasteiger partial charge in [-0.1, -0.05) is 12.2 Å². The van der Waals surface area contributed by atoms with Crippen molar-refractivity contribution in [2.45, 2.75) is 13.3 Å². The summed E-state index contributed by atoms with van der Waals surface area (Å²) in [5.74, 6) is 0. The SMILES string of the molecule is C=CC/[C]=C/C. The van der Waals surface area contributed by atoms with E-state index in [0.717, 1.165) is 6.42 Å². The highest BCUT2D eigenvalue weighted by Gasteiger charge is 1.59. The van der Waals surface area contributed by atoms with Gasteiger partial charge in [-0.05, 0) is 19.4 Å². The van der Waals surface area contributed by atoms with Crippen LogP contribution in [0.4, 0.5) is 0 Å². The topological polar surface area (TPSA) is 0 Å². The van der Waals surface area contributed by atoms with Crippen LogP contribution in [-0.2, 0) is 0 Å². The molecule has 0 heteroatoms. The van der Waals surface area contributed by atoms with Crippen molar-refractivity contribution >= 4 is 0 Å². The first-order chi connectivity index (χ1) is 2.91. The third-order valence-electron chi connectivity index (χ3n) is 0.466. The lowest BCUT2D eigenvalue weighted by molar-refractivity contribution is 1.34. The minimum Gasteiger partial charge on any atom is -0.103 e. The van der Waals surface area contributed by atoms with Gasteiger partial charge < -0.3 is 0 Å². The van der Waals surface area contributed by atoms with Gasteiger partial charge in [0, 0.05) is 0 Å². The summed E-state index contributed by atoms with van der Waals surface area (Å²) in [6, 6.07) is 0. The summed E-state index contributed by atoms with van der Waals surface area (Å²) in [5.41, 5.74) is 0. The Kier molecular flexibility index (Phi) is 4.09. The largest absolute Gasteiger partial charge is 0.103 e. The van der Waals surface area contributed by atoms with E-state index >= 15 is 0 Å². The van der Waals surface area contributed by atoms with Crippen LogP contribution in [0, 0.1) is 6.08 Å². The molecular weight excluding hydrogens is 72.1 g/mol. The van der Waals surface area contributed by atoms with Crippen molar-refractivity contribution in [1.29, 1.82) is 0 Å². The average Bonchev–Trinajstić information content (AvgIpc) is 1.61. The Balaban J connectivity index is 2.85. The summed E-state index contributed by atoms with van der Waals surface area (Å²) in [4.78, 5) is 0. The molecule has 0 aliphatic carbocycles. The lowest BCUT2D eigenvalue weighted by Crippen LogP contribution is -1.50. The fourth-order valence-electron chi connectivity index (χ4n) is 0.201. The molecule has 0 heterocycles. The van der Waals surface area contributed by atoms with Gasteiger partial charge in [0.2, 0.25) is 0 Å². The maximum Gasteiger partial charge on any atom is -0.0101 e. The van der Waals surface area contributed by atoms with Gasteiger partial charge in [0.15, 0.2) is 0 Å². The average molecular weight is 81.1 g/mol. The molecule has 0 unspecified atom stereocenters. The van der Waals surface area contributed by atoms with Crippen molar-refractivity contribution in [1.82, 2.24) is 0 Å². The monoisotopic (exact) mass is 81.1 g/mol. The van der Waals surface area contributed by atoms with Gasteiger partial charge in [-0.3, -0.25) is 0 Å². The van der Waals surface area contributed by atoms with Crippen LogP contribution in [0.5, 0.6) is 0 Å². The van der Waals surface area contributed by atoms with Crippen LogP contribution in [0.1, 0.15) is 13.3 Å². The van der Waals surface area contributed by atoms with Crippen LogP contribution in [0.3, 0.4) is 0 Å². The number of allylic oxidation sites excluding steroid dienone is 3. The quantitative estimate of drug-likeness (QED) is 0.445. The van der Waals surface area contributed by atoms with Gasteiger partial charge in [0.1, 0.15) is 0 Å². The first-order valence-electron chi connectivity index (χ1n) is 2.04. The Labute approximate surface area is 39.2 Å². The molecule has 0 aromatic rings. The molecule has 0 fully saturated rings. The van der Waals surface area contributed by atoms with Gasteiger partial charge in [0.25, 0.3) is 0 Å². The molecule has 0 aromatic carbocycles. The maximum absolute atomic E-state index is 3.52. The molecule has 0 spiro atoms. The Morgan fingerprint density at radius 2 is 2.50 bits per heavy atom. The molecule has 0 aliphatic heterocycles. The van der Waals surface area contributed by atoms with Crippen molar-refractivity contribution in [3.8, 4) is 0 Å². The Bertz CT molecular complexity index is 51.1. The summed E-state index contributed by atoms with van der Waals surface area (Å²) in [5, 5.41) is 0. The van der Waals surface area contributed by atoms with Gasteiger partial charge in [-0.2, -0.15) is 0 Å². The van der Waals surface area contributed by atoms with E-state index in [1.165, 1.54) is 0 Å². The molecule has 0 aromatic heterocycles. The van der Waals surface area contributed by atoms with Gasteiger partial charge in [0.05, 0.1) is 0 Å². The molecule has 0 bridgehead atoms. The van der Waals surface area contributed by atoms with Crippen LogP contribution in [0.25, 0.3) is 0 Å². The second-order valence-electron chi connectivity index (χ2n) is 0.986. The van der Waals surface area contributed by atoms with E-state index in [4.69, 9.17) is 0 Å². The molecule has 33 valence electrons. The van der Waals surface area contributed by atoms with E-state index in [2.05, 4.69) is 12.7 Å². The summed E-state index contributed by atoms with van der Waals surface area (Å²) in [7, 11) is 0. The van der Waals surface area contributed by atoms with Crippen LogP contribution >= 0.6 is 0 Å². The second kappa shape index (κ2) is 4.48. The third-order valence-corrected chi connectivity index (χ3v) is 0.466. The Morgan fingerprint density at radius 1 is 1.83 bits per heavy atom. The predicted molar refractivity (Wildman–Crippen MR) is 28.3 cm³/mol. The maximum atomic E-state index is 3.52. The smallest absolute Gasteiger partial charge is 0.0101 e. The number of rotatable bonds is 2. The molecular formula is C6H9. The lowest BCUT2D eigenvalue weighted by Gasteiger charge is -1.68. The van der Waals surface area contributed by atoms with E-state index in [0.29, 0.717) is 0 Å². The predicted octanol–water partition coefficient (Wildman–Crippen LogP) is 1.94. The summed E-state index contributed by atoms with van der Waals surface area (Å²) in [6.07, 6.45) is 7.54. The van der Waals surface area contributed by atoms with E-state index < -0.39 is 0 Å². The van der Waals surface area contributed by atoms with Crippen LogP contribution in [-0.4, -0.2) is 0 Å². The molecule has 0 nitrogen and oxygen atoms in total. The minimum absolute atomic E-state index is 0.872. The van der Waals surface area contributed by atoms with Crippen molar-refractivity contribution in [3.63, 3.8) is 0 Å². The second-order valence-corrected chi connectivity index (χ2v) is 0.986. The number of hydrogen-bond acceptors (Lipinski definition) is 0. The Hall–Kier alpha value is -0.520. The summed E-state index contributed by atoms with van der Waals surface area (Å²) in [6.45, 7) is 5.46. The molecule has 0 atom stereocenters. The highest BCUT2D eigenvalue weighted by atomic mass is 13.6. The van der Waals surface area contributed by atoms with Crippen molar-refractivity contribution in [2.75, 3.05) is 0 Å². The molecule has 1 radical (unpaired) electrons. The summed E-state index contributed by atoms with van der Waals surface area (Å²) < 4.78 is 0. The molecule has 0 saturated carbocycles. The van der Waals surface area contributed by atoms with E-state index in [1.54, 1.807) is 0 Å². The van der Waals surface area contributed by atoms with E-state index in [9.17, 15) is 0 Å². The zero-order chi connectivity index (χ0) is 4.83. The normalized spacial score (nSPS) is 9.50. The van der Waals surface area contributed by atoms with E-state index in [1.807, 2.05) is 19.1 Å². The van der Waals surface area contributed by atoms with Crippen molar-refractivity contribution < 1.29 is 0 Å². The third kappa shape index (κ3) is 3.48. The summed E-state index contributed by atoms with van der Waals surface area (Å²) >= 11 is 0. The Morgan fingerprint density at radius 3 is 2.67 bits per heavy atom. The standard InChI is InChI=1S/C6H9/c1-3-5-6-4-2/h3-4H,1,5H2,2H3. The van der Waals surface area contributed by atoms with Crippen molar-refractivity contribution in [2.24, 2.45) is 0 Å². The highest BCUT2D eigenvalue weighted by molar-refractivity contribution is 4.77. The zero-order valence-electron chi connectivity index (χ0n) is 4.07. The first-order valence-corrected chi connectivity index (χ1v) is 2.04. The first kappa shape index (κ1) is 5.48. The highest BCUT2D eigenvalue weighted by Crippen LogP contribution is 1.77.